The van der Waals surface area contributed by atoms with Crippen LogP contribution < -0.4 is 0 Å². The minimum absolute atomic E-state index is 0.343. The monoisotopic (exact) mass is 426 g/mol. The van der Waals surface area contributed by atoms with E-state index in [1.54, 1.807) is 47.3 Å². The van der Waals surface area contributed by atoms with E-state index in [1.165, 1.54) is 6.07 Å². The van der Waals surface area contributed by atoms with Gasteiger partial charge in [-0.25, -0.2) is 9.37 Å². The molecule has 0 amide bonds. The molecular formula is C18H14BrCl2FN2. The van der Waals surface area contributed by atoms with Crippen molar-refractivity contribution in [2.45, 2.75) is 19.3 Å². The van der Waals surface area contributed by atoms with E-state index in [0.29, 0.717) is 26.0 Å². The van der Waals surface area contributed by atoms with Crippen molar-refractivity contribution in [3.63, 3.8) is 0 Å². The van der Waals surface area contributed by atoms with Crippen LogP contribution in [0, 0.1) is 5.82 Å². The maximum Gasteiger partial charge on any atom is 0.148 e. The third-order valence-corrected chi connectivity index (χ3v) is 5.08. The number of benzene rings is 2. The normalized spacial score (nSPS) is 11.8. The van der Waals surface area contributed by atoms with Gasteiger partial charge in [0.1, 0.15) is 11.6 Å². The second-order valence-electron chi connectivity index (χ2n) is 5.94. The number of aromatic nitrogens is 2. The molecule has 0 fully saturated rings. The molecule has 24 heavy (non-hydrogen) atoms. The van der Waals surface area contributed by atoms with E-state index in [2.05, 4.69) is 20.9 Å². The number of halogens is 4. The summed E-state index contributed by atoms with van der Waals surface area (Å²) in [7, 11) is 0. The Morgan fingerprint density at radius 1 is 1.12 bits per heavy atom. The molecule has 1 aromatic heterocycles. The molecule has 0 saturated heterocycles. The zero-order chi connectivity index (χ0) is 17.5. The fourth-order valence-corrected chi connectivity index (χ4v) is 4.05. The molecule has 0 aliphatic rings. The molecule has 0 saturated carbocycles. The predicted octanol–water partition coefficient (Wildman–Crippen LogP) is 6.41. The average molecular weight is 428 g/mol. The van der Waals surface area contributed by atoms with Crippen LogP contribution in [0.1, 0.15) is 25.2 Å². The zero-order valence-corrected chi connectivity index (χ0v) is 16.1. The second kappa shape index (κ2) is 6.51. The number of hydrogen-bond acceptors (Lipinski definition) is 1. The summed E-state index contributed by atoms with van der Waals surface area (Å²) >= 11 is 16.0. The smallest absolute Gasteiger partial charge is 0.148 e. The molecule has 0 spiro atoms. The molecule has 124 valence electrons. The first-order valence-electron chi connectivity index (χ1n) is 7.26. The Morgan fingerprint density at radius 2 is 1.79 bits per heavy atom. The Balaban J connectivity index is 2.19. The molecule has 0 unspecified atom stereocenters. The SMILES string of the molecule is CC(C)(c1c(Cl)cccc1Cl)c1nccn1-c1ccc(Br)cc1F. The van der Waals surface area contributed by atoms with Gasteiger partial charge in [0.2, 0.25) is 0 Å². The molecule has 0 N–H and O–H groups in total. The summed E-state index contributed by atoms with van der Waals surface area (Å²) in [5.74, 6) is 0.309. The van der Waals surface area contributed by atoms with Crippen LogP contribution in [-0.2, 0) is 5.41 Å². The maximum atomic E-state index is 14.4. The van der Waals surface area contributed by atoms with E-state index in [9.17, 15) is 4.39 Å². The molecular weight excluding hydrogens is 414 g/mol. The number of nitrogens with zero attached hydrogens (tertiary/aromatic N) is 2. The van der Waals surface area contributed by atoms with Gasteiger partial charge in [-0.05, 0) is 44.2 Å². The molecule has 3 rings (SSSR count). The van der Waals surface area contributed by atoms with Gasteiger partial charge in [0.15, 0.2) is 0 Å². The lowest BCUT2D eigenvalue weighted by Gasteiger charge is -2.28. The van der Waals surface area contributed by atoms with Crippen LogP contribution >= 0.6 is 39.1 Å². The molecule has 0 atom stereocenters. The minimum Gasteiger partial charge on any atom is -0.300 e. The molecule has 2 nitrogen and oxygen atoms in total. The van der Waals surface area contributed by atoms with Gasteiger partial charge in [-0.2, -0.15) is 0 Å². The summed E-state index contributed by atoms with van der Waals surface area (Å²) in [6.07, 6.45) is 3.37. The van der Waals surface area contributed by atoms with Crippen molar-refractivity contribution < 1.29 is 4.39 Å². The van der Waals surface area contributed by atoms with E-state index in [-0.39, 0.29) is 5.82 Å². The second-order valence-corrected chi connectivity index (χ2v) is 7.67. The molecule has 0 aliphatic heterocycles. The Bertz CT molecular complexity index is 886. The van der Waals surface area contributed by atoms with E-state index >= 15 is 0 Å². The van der Waals surface area contributed by atoms with Crippen molar-refractivity contribution in [3.8, 4) is 5.69 Å². The van der Waals surface area contributed by atoms with E-state index < -0.39 is 5.41 Å². The van der Waals surface area contributed by atoms with Crippen LogP contribution in [0.25, 0.3) is 5.69 Å². The summed E-state index contributed by atoms with van der Waals surface area (Å²) in [5, 5.41) is 1.11. The molecule has 2 aromatic carbocycles. The van der Waals surface area contributed by atoms with Crippen LogP contribution in [0.3, 0.4) is 0 Å². The van der Waals surface area contributed by atoms with Gasteiger partial charge < -0.3 is 4.57 Å². The third-order valence-electron chi connectivity index (χ3n) is 3.96. The number of rotatable bonds is 3. The largest absolute Gasteiger partial charge is 0.300 e. The van der Waals surface area contributed by atoms with E-state index in [4.69, 9.17) is 23.2 Å². The number of hydrogen-bond donors (Lipinski definition) is 0. The fraction of sp³-hybridized carbons (Fsp3) is 0.167. The van der Waals surface area contributed by atoms with Crippen LogP contribution in [-0.4, -0.2) is 9.55 Å². The van der Waals surface area contributed by atoms with Gasteiger partial charge in [0.25, 0.3) is 0 Å². The Kier molecular flexibility index (Phi) is 4.73. The summed E-state index contributed by atoms with van der Waals surface area (Å²) in [6, 6.07) is 10.3. The molecule has 3 aromatic rings. The summed E-state index contributed by atoms with van der Waals surface area (Å²) in [4.78, 5) is 4.45. The standard InChI is InChI=1S/C18H14BrCl2FN2/c1-18(2,16-12(20)4-3-5-13(16)21)17-23-8-9-24(17)15-7-6-11(19)10-14(15)22/h3-10H,1-2H3. The van der Waals surface area contributed by atoms with Crippen molar-refractivity contribution >= 4 is 39.1 Å². The number of imidazole rings is 1. The first kappa shape index (κ1) is 17.5. The Morgan fingerprint density at radius 3 is 2.42 bits per heavy atom. The van der Waals surface area contributed by atoms with E-state index in [1.807, 2.05) is 13.8 Å². The summed E-state index contributed by atoms with van der Waals surface area (Å²) < 4.78 is 16.8. The van der Waals surface area contributed by atoms with Gasteiger partial charge in [-0.15, -0.1) is 0 Å². The zero-order valence-electron chi connectivity index (χ0n) is 13.0. The highest BCUT2D eigenvalue weighted by atomic mass is 79.9. The third kappa shape index (κ3) is 2.99. The lowest BCUT2D eigenvalue weighted by molar-refractivity contribution is 0.565. The highest BCUT2D eigenvalue weighted by molar-refractivity contribution is 9.10. The lowest BCUT2D eigenvalue weighted by Crippen LogP contribution is -2.25. The van der Waals surface area contributed by atoms with Crippen LogP contribution in [0.15, 0.2) is 53.3 Å². The van der Waals surface area contributed by atoms with Gasteiger partial charge in [-0.3, -0.25) is 0 Å². The molecule has 6 heteroatoms. The molecule has 0 aliphatic carbocycles. The van der Waals surface area contributed by atoms with Crippen LogP contribution in [0.2, 0.25) is 10.0 Å². The van der Waals surface area contributed by atoms with Crippen LogP contribution in [0.5, 0.6) is 0 Å². The molecule has 0 radical (unpaired) electrons. The van der Waals surface area contributed by atoms with Crippen molar-refractivity contribution in [2.24, 2.45) is 0 Å². The topological polar surface area (TPSA) is 17.8 Å². The summed E-state index contributed by atoms with van der Waals surface area (Å²) in [5.41, 5.74) is 0.568. The lowest BCUT2D eigenvalue weighted by atomic mass is 9.83. The van der Waals surface area contributed by atoms with Crippen molar-refractivity contribution in [2.75, 3.05) is 0 Å². The fourth-order valence-electron chi connectivity index (χ4n) is 2.84. The van der Waals surface area contributed by atoms with Crippen molar-refractivity contribution in [3.05, 3.63) is 80.5 Å². The van der Waals surface area contributed by atoms with Gasteiger partial charge in [0, 0.05) is 32.5 Å². The quantitative estimate of drug-likeness (QED) is 0.472. The highest BCUT2D eigenvalue weighted by Gasteiger charge is 2.32. The summed E-state index contributed by atoms with van der Waals surface area (Å²) in [6.45, 7) is 3.94. The molecule has 1 heterocycles. The first-order valence-corrected chi connectivity index (χ1v) is 8.81. The van der Waals surface area contributed by atoms with Gasteiger partial charge in [0.05, 0.1) is 11.1 Å². The maximum absolute atomic E-state index is 14.4. The van der Waals surface area contributed by atoms with Crippen molar-refractivity contribution in [1.82, 2.24) is 9.55 Å². The van der Waals surface area contributed by atoms with E-state index in [0.717, 1.165) is 5.56 Å². The predicted molar refractivity (Wildman–Crippen MR) is 99.8 cm³/mol. The van der Waals surface area contributed by atoms with Crippen LogP contribution in [0.4, 0.5) is 4.39 Å². The molecule has 0 bridgehead atoms. The van der Waals surface area contributed by atoms with Crippen molar-refractivity contribution in [1.29, 1.82) is 0 Å². The van der Waals surface area contributed by atoms with Gasteiger partial charge in [-0.1, -0.05) is 45.2 Å². The highest BCUT2D eigenvalue weighted by Crippen LogP contribution is 2.40. The minimum atomic E-state index is -0.613. The van der Waals surface area contributed by atoms with Gasteiger partial charge >= 0.3 is 0 Å². The first-order chi connectivity index (χ1) is 11.3. The Labute approximate surface area is 158 Å². The Hall–Kier alpha value is -1.36. The average Bonchev–Trinajstić information content (AvgIpc) is 2.96.